The number of para-hydroxylation sites is 1. The monoisotopic (exact) mass is 425 g/mol. The number of carboxylic acid groups (broad SMARTS) is 1. The van der Waals surface area contributed by atoms with E-state index in [9.17, 15) is 9.90 Å². The Morgan fingerprint density at radius 2 is 2.17 bits per heavy atom. The number of fused-ring (bicyclic) bond motifs is 2. The number of carbonyl (C=O) groups is 1. The first-order chi connectivity index (χ1) is 14.1. The molecule has 0 saturated carbocycles. The third-order valence-electron chi connectivity index (χ3n) is 5.68. The minimum Gasteiger partial charge on any atom is -0.480 e. The van der Waals surface area contributed by atoms with Gasteiger partial charge in [-0.3, -0.25) is 9.69 Å². The zero-order valence-corrected chi connectivity index (χ0v) is 17.2. The van der Waals surface area contributed by atoms with E-state index in [-0.39, 0.29) is 5.92 Å². The number of hydrogen-bond acceptors (Lipinski definition) is 4. The fourth-order valence-electron chi connectivity index (χ4n) is 4.34. The molecule has 5 nitrogen and oxygen atoms in total. The van der Waals surface area contributed by atoms with E-state index in [4.69, 9.17) is 16.6 Å². The van der Waals surface area contributed by atoms with Crippen molar-refractivity contribution in [1.82, 2.24) is 14.9 Å². The van der Waals surface area contributed by atoms with Gasteiger partial charge >= 0.3 is 5.97 Å². The van der Waals surface area contributed by atoms with Crippen LogP contribution >= 0.6 is 22.9 Å². The summed E-state index contributed by atoms with van der Waals surface area (Å²) in [6.07, 6.45) is 3.80. The van der Waals surface area contributed by atoms with Gasteiger partial charge in [-0.15, -0.1) is 11.3 Å². The molecule has 1 saturated heterocycles. The lowest BCUT2D eigenvalue weighted by Gasteiger charge is -2.35. The zero-order chi connectivity index (χ0) is 20.0. The van der Waals surface area contributed by atoms with Gasteiger partial charge in [-0.25, -0.2) is 4.98 Å². The Morgan fingerprint density at radius 1 is 1.31 bits per heavy atom. The lowest BCUT2D eigenvalue weighted by atomic mass is 9.95. The number of thiazole rings is 1. The molecular weight excluding hydrogens is 406 g/mol. The summed E-state index contributed by atoms with van der Waals surface area (Å²) in [5.41, 5.74) is 2.67. The van der Waals surface area contributed by atoms with Crippen LogP contribution < -0.4 is 0 Å². The number of halogens is 1. The van der Waals surface area contributed by atoms with E-state index in [0.29, 0.717) is 11.6 Å². The maximum absolute atomic E-state index is 12.3. The van der Waals surface area contributed by atoms with Crippen molar-refractivity contribution in [1.29, 1.82) is 0 Å². The van der Waals surface area contributed by atoms with Crippen molar-refractivity contribution in [3.05, 3.63) is 64.3 Å². The fourth-order valence-corrected chi connectivity index (χ4v) is 5.61. The number of carboxylic acids is 1. The van der Waals surface area contributed by atoms with Gasteiger partial charge in [0, 0.05) is 40.1 Å². The number of hydrogen-bond donors (Lipinski definition) is 2. The normalized spacial score (nSPS) is 19.0. The predicted octanol–water partition coefficient (Wildman–Crippen LogP) is 5.44. The third kappa shape index (κ3) is 3.41. The van der Waals surface area contributed by atoms with Crippen LogP contribution in [0.1, 0.15) is 35.4 Å². The lowest BCUT2D eigenvalue weighted by Crippen LogP contribution is -2.40. The average molecular weight is 426 g/mol. The minimum absolute atomic E-state index is 0.252. The molecule has 0 spiro atoms. The smallest absolute Gasteiger partial charge is 0.325 e. The molecular formula is C22H20ClN3O2S. The highest BCUT2D eigenvalue weighted by molar-refractivity contribution is 7.18. The highest BCUT2D eigenvalue weighted by Crippen LogP contribution is 2.37. The summed E-state index contributed by atoms with van der Waals surface area (Å²) >= 11 is 7.81. The molecule has 0 bridgehead atoms. The lowest BCUT2D eigenvalue weighted by molar-refractivity contribution is -0.144. The number of piperidine rings is 1. The molecule has 5 rings (SSSR count). The Kier molecular flexibility index (Phi) is 4.78. The summed E-state index contributed by atoms with van der Waals surface area (Å²) in [6, 6.07) is 13.0. The molecule has 148 valence electrons. The number of nitrogens with one attached hydrogen (secondary N) is 1. The molecule has 3 heterocycles. The number of aliphatic carboxylic acids is 1. The van der Waals surface area contributed by atoms with Crippen molar-refractivity contribution < 1.29 is 9.90 Å². The van der Waals surface area contributed by atoms with Gasteiger partial charge in [-0.1, -0.05) is 29.8 Å². The van der Waals surface area contributed by atoms with Crippen LogP contribution in [0.5, 0.6) is 0 Å². The van der Waals surface area contributed by atoms with Crippen LogP contribution in [-0.2, 0) is 4.79 Å². The average Bonchev–Trinajstić information content (AvgIpc) is 3.32. The largest absolute Gasteiger partial charge is 0.480 e. The SMILES string of the molecule is O=C(O)[C@H](c1c[nH]c2cc(Cl)ccc12)N1CCC[C@H](c2nc3ccccc3s2)C1. The van der Waals surface area contributed by atoms with Gasteiger partial charge in [-0.2, -0.15) is 0 Å². The summed E-state index contributed by atoms with van der Waals surface area (Å²) in [7, 11) is 0. The number of aromatic nitrogens is 2. The van der Waals surface area contributed by atoms with Crippen molar-refractivity contribution in [2.45, 2.75) is 24.8 Å². The van der Waals surface area contributed by atoms with Gasteiger partial charge in [0.2, 0.25) is 0 Å². The van der Waals surface area contributed by atoms with E-state index in [1.165, 1.54) is 4.70 Å². The van der Waals surface area contributed by atoms with Gasteiger partial charge in [0.05, 0.1) is 15.2 Å². The topological polar surface area (TPSA) is 69.2 Å². The first-order valence-electron chi connectivity index (χ1n) is 9.69. The molecule has 0 radical (unpaired) electrons. The molecule has 0 aliphatic carbocycles. The van der Waals surface area contributed by atoms with E-state index in [2.05, 4.69) is 16.0 Å². The highest BCUT2D eigenvalue weighted by Gasteiger charge is 2.34. The van der Waals surface area contributed by atoms with Gasteiger partial charge < -0.3 is 10.1 Å². The van der Waals surface area contributed by atoms with Crippen LogP contribution in [0.3, 0.4) is 0 Å². The molecule has 0 unspecified atom stereocenters. The Labute approximate surface area is 176 Å². The van der Waals surface area contributed by atoms with Crippen LogP contribution in [-0.4, -0.2) is 39.0 Å². The molecule has 2 N–H and O–H groups in total. The molecule has 0 amide bonds. The fraction of sp³-hybridized carbons (Fsp3) is 0.273. The standard InChI is InChI=1S/C22H20ClN3O2S/c23-14-7-8-15-16(11-24-18(15)10-14)20(22(27)28)26-9-3-4-13(12-26)21-25-17-5-1-2-6-19(17)29-21/h1-2,5-8,10-11,13,20,24H,3-4,9,12H2,(H,27,28)/t13-,20-/m0/s1. The summed E-state index contributed by atoms with van der Waals surface area (Å²) in [5.74, 6) is -0.576. The molecule has 2 aromatic heterocycles. The maximum Gasteiger partial charge on any atom is 0.325 e. The zero-order valence-electron chi connectivity index (χ0n) is 15.6. The first kappa shape index (κ1) is 18.6. The van der Waals surface area contributed by atoms with Crippen molar-refractivity contribution in [2.75, 3.05) is 13.1 Å². The maximum atomic E-state index is 12.3. The molecule has 29 heavy (non-hydrogen) atoms. The minimum atomic E-state index is -0.828. The van der Waals surface area contributed by atoms with Gasteiger partial charge in [0.15, 0.2) is 0 Å². The first-order valence-corrected chi connectivity index (χ1v) is 10.9. The molecule has 7 heteroatoms. The summed E-state index contributed by atoms with van der Waals surface area (Å²) in [4.78, 5) is 22.4. The van der Waals surface area contributed by atoms with Crippen molar-refractivity contribution in [3.63, 3.8) is 0 Å². The van der Waals surface area contributed by atoms with E-state index in [1.54, 1.807) is 23.6 Å². The molecule has 1 fully saturated rings. The Morgan fingerprint density at radius 3 is 3.00 bits per heavy atom. The van der Waals surface area contributed by atoms with Crippen LogP contribution in [0, 0.1) is 0 Å². The number of H-pyrrole nitrogens is 1. The van der Waals surface area contributed by atoms with E-state index >= 15 is 0 Å². The molecule has 1 aliphatic rings. The van der Waals surface area contributed by atoms with E-state index < -0.39 is 12.0 Å². The van der Waals surface area contributed by atoms with E-state index in [0.717, 1.165) is 46.4 Å². The molecule has 1 aliphatic heterocycles. The number of benzene rings is 2. The Bertz CT molecular complexity index is 1170. The Hall–Kier alpha value is -2.41. The second-order valence-corrected chi connectivity index (χ2v) is 9.03. The van der Waals surface area contributed by atoms with Crippen molar-refractivity contribution in [3.8, 4) is 0 Å². The van der Waals surface area contributed by atoms with Crippen LogP contribution in [0.25, 0.3) is 21.1 Å². The van der Waals surface area contributed by atoms with Crippen LogP contribution in [0.2, 0.25) is 5.02 Å². The van der Waals surface area contributed by atoms with Crippen molar-refractivity contribution >= 4 is 50.0 Å². The molecule has 2 aromatic carbocycles. The van der Waals surface area contributed by atoms with E-state index in [1.807, 2.05) is 30.3 Å². The number of rotatable bonds is 4. The van der Waals surface area contributed by atoms with Gasteiger partial charge in [0.25, 0.3) is 0 Å². The third-order valence-corrected chi connectivity index (χ3v) is 7.12. The van der Waals surface area contributed by atoms with Crippen LogP contribution in [0.15, 0.2) is 48.7 Å². The summed E-state index contributed by atoms with van der Waals surface area (Å²) < 4.78 is 1.18. The predicted molar refractivity (Wildman–Crippen MR) is 117 cm³/mol. The Balaban J connectivity index is 1.47. The van der Waals surface area contributed by atoms with Gasteiger partial charge in [-0.05, 0) is 43.7 Å². The number of likely N-dealkylation sites (tertiary alicyclic amines) is 1. The van der Waals surface area contributed by atoms with Crippen molar-refractivity contribution in [2.24, 2.45) is 0 Å². The summed E-state index contributed by atoms with van der Waals surface area (Å²) in [6.45, 7) is 1.45. The number of aromatic amines is 1. The number of nitrogens with zero attached hydrogens (tertiary/aromatic N) is 2. The molecule has 4 aromatic rings. The molecule has 2 atom stereocenters. The quantitative estimate of drug-likeness (QED) is 0.457. The highest BCUT2D eigenvalue weighted by atomic mass is 35.5. The second-order valence-electron chi connectivity index (χ2n) is 7.53. The second kappa shape index (κ2) is 7.44. The van der Waals surface area contributed by atoms with Gasteiger partial charge in [0.1, 0.15) is 6.04 Å². The van der Waals surface area contributed by atoms with Crippen LogP contribution in [0.4, 0.5) is 0 Å². The summed E-state index contributed by atoms with van der Waals surface area (Å²) in [5, 5.41) is 12.7.